The van der Waals surface area contributed by atoms with Crippen LogP contribution in [0.5, 0.6) is 0 Å². The van der Waals surface area contributed by atoms with Gasteiger partial charge in [-0.05, 0) is 0 Å². The van der Waals surface area contributed by atoms with E-state index in [1.807, 2.05) is 0 Å². The van der Waals surface area contributed by atoms with Crippen LogP contribution in [0.1, 0.15) is 0 Å². The molecule has 0 spiro atoms. The fourth-order valence-electron chi connectivity index (χ4n) is 1.30. The minimum absolute atomic E-state index is 0.0729. The van der Waals surface area contributed by atoms with Crippen LogP contribution in [0.25, 0.3) is 0 Å². The molecule has 1 saturated heterocycles. The topological polar surface area (TPSA) is 37.4 Å². The number of imide groups is 1. The standard InChI is InChI=1S/C4H8I.C4H3NO2.Al.H/c1-2-5-3-4-5;6-3-1-2-4(7)5-3;;/h1-4H2;1-2H,(H,5,6,7);;/q;;+1;/p-1. The molecule has 0 aromatic heterocycles. The molecule has 0 aromatic rings. The molecular formula is C8H11AlINO2. The van der Waals surface area contributed by atoms with Gasteiger partial charge in [0.2, 0.25) is 0 Å². The van der Waals surface area contributed by atoms with Gasteiger partial charge in [0.1, 0.15) is 0 Å². The van der Waals surface area contributed by atoms with E-state index in [0.29, 0.717) is 0 Å². The first-order chi connectivity index (χ1) is 6.27. The molecule has 2 amide bonds. The first-order valence-corrected chi connectivity index (χ1v) is 10.6. The Kier molecular flexibility index (Phi) is 3.07. The van der Waals surface area contributed by atoms with Crippen LogP contribution in [-0.4, -0.2) is 44.4 Å². The van der Waals surface area contributed by atoms with Gasteiger partial charge in [0.25, 0.3) is 0 Å². The third-order valence-corrected chi connectivity index (χ3v) is 10.2. The van der Waals surface area contributed by atoms with E-state index in [9.17, 15) is 9.59 Å². The van der Waals surface area contributed by atoms with Crippen molar-refractivity contribution in [2.24, 2.45) is 0 Å². The Bertz CT molecular complexity index is 257. The number of hydrogen-bond acceptors (Lipinski definition) is 2. The van der Waals surface area contributed by atoms with Crippen LogP contribution in [0.2, 0.25) is 5.28 Å². The van der Waals surface area contributed by atoms with Crippen molar-refractivity contribution in [3.8, 4) is 0 Å². The normalized spacial score (nSPS) is 22.8. The van der Waals surface area contributed by atoms with Gasteiger partial charge < -0.3 is 0 Å². The zero-order valence-electron chi connectivity index (χ0n) is 7.33. The number of carbonyl (C=O) groups is 2. The summed E-state index contributed by atoms with van der Waals surface area (Å²) in [5, 5.41) is 1.17. The predicted octanol–water partition coefficient (Wildman–Crippen LogP) is 0.201. The molecule has 0 aromatic carbocycles. The monoisotopic (exact) mass is 307 g/mol. The second-order valence-electron chi connectivity index (χ2n) is 3.15. The summed E-state index contributed by atoms with van der Waals surface area (Å²) in [6, 6.07) is 0. The van der Waals surface area contributed by atoms with Gasteiger partial charge in [-0.15, -0.1) is 0 Å². The quantitative estimate of drug-likeness (QED) is 0.322. The molecule has 0 atom stereocenters. The van der Waals surface area contributed by atoms with E-state index in [1.54, 1.807) is 0 Å². The summed E-state index contributed by atoms with van der Waals surface area (Å²) in [4.78, 5) is 22.3. The number of rotatable bonds is 4. The second-order valence-corrected chi connectivity index (χ2v) is 11.4. The summed E-state index contributed by atoms with van der Waals surface area (Å²) < 4.78 is 5.89. The molecule has 1 fully saturated rings. The van der Waals surface area contributed by atoms with Crippen molar-refractivity contribution in [2.45, 2.75) is 5.28 Å². The second kappa shape index (κ2) is 4.11. The maximum absolute atomic E-state index is 11.1. The molecule has 5 heteroatoms. The molecule has 3 nitrogen and oxygen atoms in total. The predicted molar refractivity (Wildman–Crippen MR) is 61.6 cm³/mol. The molecule has 0 N–H and O–H groups in total. The van der Waals surface area contributed by atoms with Gasteiger partial charge in [0, 0.05) is 0 Å². The number of alkyl halides is 3. The zero-order valence-corrected chi connectivity index (χ0v) is 10.9. The summed E-state index contributed by atoms with van der Waals surface area (Å²) in [7, 11) is 0. The van der Waals surface area contributed by atoms with Crippen LogP contribution < -0.4 is 0 Å². The van der Waals surface area contributed by atoms with Crippen molar-refractivity contribution in [3.05, 3.63) is 12.2 Å². The Balaban J connectivity index is 1.73. The van der Waals surface area contributed by atoms with E-state index in [0.717, 1.165) is 0 Å². The molecule has 70 valence electrons. The molecule has 2 aliphatic heterocycles. The summed E-state index contributed by atoms with van der Waals surface area (Å²) in [5.41, 5.74) is 0. The van der Waals surface area contributed by atoms with Crippen molar-refractivity contribution in [1.29, 1.82) is 0 Å². The van der Waals surface area contributed by atoms with Crippen LogP contribution in [-0.2, 0) is 9.59 Å². The summed E-state index contributed by atoms with van der Waals surface area (Å²) in [5.74, 6) is -0.146. The molecular weight excluding hydrogens is 296 g/mol. The Morgan fingerprint density at radius 1 is 1.31 bits per heavy atom. The van der Waals surface area contributed by atoms with Gasteiger partial charge in [-0.3, -0.25) is 0 Å². The van der Waals surface area contributed by atoms with Crippen LogP contribution in [0.15, 0.2) is 12.2 Å². The summed E-state index contributed by atoms with van der Waals surface area (Å²) in [6.07, 6.45) is 2.79. The Hall–Kier alpha value is 0.142. The first-order valence-electron chi connectivity index (χ1n) is 4.38. The maximum atomic E-state index is 11.1. The SMILES string of the molecule is O=C1C=CC(=O)[N]1[AlH][CH2]CI1CC1. The van der Waals surface area contributed by atoms with Crippen LogP contribution >= 0.6 is 19.8 Å². The molecule has 0 radical (unpaired) electrons. The van der Waals surface area contributed by atoms with Crippen molar-refractivity contribution < 1.29 is 9.59 Å². The third kappa shape index (κ3) is 2.55. The Morgan fingerprint density at radius 3 is 2.46 bits per heavy atom. The van der Waals surface area contributed by atoms with Crippen LogP contribution in [0.3, 0.4) is 0 Å². The van der Waals surface area contributed by atoms with Crippen molar-refractivity contribution in [1.82, 2.24) is 3.88 Å². The number of carbonyl (C=O) groups excluding carboxylic acids is 2. The molecule has 2 aliphatic rings. The molecule has 0 unspecified atom stereocenters. The average Bonchev–Trinajstić information content (AvgIpc) is 2.86. The average molecular weight is 307 g/mol. The van der Waals surface area contributed by atoms with Crippen LogP contribution in [0, 0.1) is 0 Å². The van der Waals surface area contributed by atoms with E-state index in [4.69, 9.17) is 0 Å². The Labute approximate surface area is 90.9 Å². The van der Waals surface area contributed by atoms with Crippen molar-refractivity contribution >= 4 is 47.1 Å². The first kappa shape index (κ1) is 9.69. The van der Waals surface area contributed by atoms with Gasteiger partial charge in [-0.25, -0.2) is 0 Å². The third-order valence-electron chi connectivity index (χ3n) is 2.14. The van der Waals surface area contributed by atoms with Crippen molar-refractivity contribution in [3.63, 3.8) is 0 Å². The van der Waals surface area contributed by atoms with Crippen LogP contribution in [0.4, 0.5) is 0 Å². The fraction of sp³-hybridized carbons (Fsp3) is 0.500. The number of halogens is 1. The molecule has 0 aliphatic carbocycles. The molecule has 13 heavy (non-hydrogen) atoms. The number of nitrogens with zero attached hydrogens (tertiary/aromatic N) is 1. The van der Waals surface area contributed by atoms with E-state index in [1.165, 1.54) is 34.6 Å². The number of hydrogen-bond donors (Lipinski definition) is 0. The molecule has 0 saturated carbocycles. The van der Waals surface area contributed by atoms with E-state index >= 15 is 0 Å². The van der Waals surface area contributed by atoms with E-state index in [2.05, 4.69) is 0 Å². The molecule has 2 rings (SSSR count). The molecule has 2 heterocycles. The molecule has 0 bridgehead atoms. The summed E-state index contributed by atoms with van der Waals surface area (Å²) in [6.45, 7) is 0. The van der Waals surface area contributed by atoms with Gasteiger partial charge in [0.15, 0.2) is 0 Å². The van der Waals surface area contributed by atoms with Gasteiger partial charge in [-0.1, -0.05) is 0 Å². The fourth-order valence-corrected chi connectivity index (χ4v) is 10.3. The van der Waals surface area contributed by atoms with Crippen molar-refractivity contribution in [2.75, 3.05) is 13.3 Å². The zero-order chi connectivity index (χ0) is 9.26. The van der Waals surface area contributed by atoms with Gasteiger partial charge in [0.05, 0.1) is 0 Å². The Morgan fingerprint density at radius 2 is 1.92 bits per heavy atom. The number of amides is 2. The van der Waals surface area contributed by atoms with Gasteiger partial charge in [-0.2, -0.15) is 0 Å². The van der Waals surface area contributed by atoms with E-state index in [-0.39, 0.29) is 11.8 Å². The minimum atomic E-state index is -0.599. The van der Waals surface area contributed by atoms with E-state index < -0.39 is 35.3 Å². The van der Waals surface area contributed by atoms with Gasteiger partial charge >= 0.3 is 91.3 Å². The summed E-state index contributed by atoms with van der Waals surface area (Å²) >= 11 is -1.01.